The summed E-state index contributed by atoms with van der Waals surface area (Å²) in [6, 6.07) is 1.07. The summed E-state index contributed by atoms with van der Waals surface area (Å²) in [4.78, 5) is 0. The molecule has 0 aromatic rings. The van der Waals surface area contributed by atoms with Crippen LogP contribution >= 0.6 is 11.8 Å². The van der Waals surface area contributed by atoms with Gasteiger partial charge in [0.05, 0.1) is 32.5 Å². The maximum absolute atomic E-state index is 5.45. The minimum Gasteiger partial charge on any atom is -0.377 e. The molecular weight excluding hydrogens is 198 g/mol. The molecule has 0 bridgehead atoms. The highest BCUT2D eigenvalue weighted by Gasteiger charge is 2.19. The Bertz CT molecular complexity index is 154. The van der Waals surface area contributed by atoms with Gasteiger partial charge in [-0.3, -0.25) is 0 Å². The highest BCUT2D eigenvalue weighted by molar-refractivity contribution is 7.99. The number of ether oxygens (including phenoxy) is 2. The van der Waals surface area contributed by atoms with E-state index in [1.165, 1.54) is 24.3 Å². The molecule has 0 aromatic carbocycles. The maximum Gasteiger partial charge on any atom is 0.0701 e. The predicted octanol–water partition coefficient (Wildman–Crippen LogP) is 0.887. The molecule has 0 amide bonds. The van der Waals surface area contributed by atoms with Crippen molar-refractivity contribution in [1.29, 1.82) is 0 Å². The fraction of sp³-hybridized carbons (Fsp3) is 1.00. The molecule has 0 radical (unpaired) electrons. The lowest BCUT2D eigenvalue weighted by Gasteiger charge is -2.26. The van der Waals surface area contributed by atoms with Crippen LogP contribution < -0.4 is 5.32 Å². The van der Waals surface area contributed by atoms with Gasteiger partial charge in [-0.05, 0) is 18.6 Å². The van der Waals surface area contributed by atoms with Crippen LogP contribution in [0.25, 0.3) is 0 Å². The van der Waals surface area contributed by atoms with Crippen molar-refractivity contribution in [3.05, 3.63) is 0 Å². The summed E-state index contributed by atoms with van der Waals surface area (Å²) in [5.41, 5.74) is 0. The van der Waals surface area contributed by atoms with E-state index in [9.17, 15) is 0 Å². The van der Waals surface area contributed by atoms with Crippen LogP contribution in [-0.2, 0) is 9.47 Å². The SMILES string of the molecule is C1CSCC(NC2COCCOC2)C1. The quantitative estimate of drug-likeness (QED) is 0.744. The Morgan fingerprint density at radius 3 is 2.50 bits per heavy atom. The summed E-state index contributed by atoms with van der Waals surface area (Å²) < 4.78 is 10.9. The summed E-state index contributed by atoms with van der Waals surface area (Å²) in [6.07, 6.45) is 2.65. The van der Waals surface area contributed by atoms with Gasteiger partial charge in [0, 0.05) is 11.8 Å². The average molecular weight is 217 g/mol. The third-order valence-electron chi connectivity index (χ3n) is 2.64. The number of hydrogen-bond acceptors (Lipinski definition) is 4. The summed E-state index contributed by atoms with van der Waals surface area (Å²) in [5, 5.41) is 3.63. The van der Waals surface area contributed by atoms with Crippen LogP contribution in [0, 0.1) is 0 Å². The van der Waals surface area contributed by atoms with Crippen molar-refractivity contribution in [2.75, 3.05) is 37.9 Å². The van der Waals surface area contributed by atoms with Crippen LogP contribution in [0.15, 0.2) is 0 Å². The Hall–Kier alpha value is 0.230. The molecule has 4 heteroatoms. The fourth-order valence-electron chi connectivity index (χ4n) is 1.92. The fourth-order valence-corrected chi connectivity index (χ4v) is 3.00. The molecular formula is C10H19NO2S. The number of rotatable bonds is 2. The Morgan fingerprint density at radius 1 is 1.07 bits per heavy atom. The molecule has 0 aliphatic carbocycles. The van der Waals surface area contributed by atoms with Gasteiger partial charge in [-0.2, -0.15) is 11.8 Å². The Kier molecular flexibility index (Phi) is 4.57. The summed E-state index contributed by atoms with van der Waals surface area (Å²) in [7, 11) is 0. The lowest BCUT2D eigenvalue weighted by atomic mass is 10.1. The van der Waals surface area contributed by atoms with Gasteiger partial charge < -0.3 is 14.8 Å². The summed E-state index contributed by atoms with van der Waals surface area (Å²) in [5.74, 6) is 2.58. The van der Waals surface area contributed by atoms with Gasteiger partial charge in [-0.1, -0.05) is 0 Å². The zero-order valence-electron chi connectivity index (χ0n) is 8.54. The molecule has 0 saturated carbocycles. The Balaban J connectivity index is 1.71. The largest absolute Gasteiger partial charge is 0.377 e. The highest BCUT2D eigenvalue weighted by Crippen LogP contribution is 2.17. The molecule has 0 aromatic heterocycles. The molecule has 1 unspecified atom stereocenters. The van der Waals surface area contributed by atoms with Crippen LogP contribution in [0.4, 0.5) is 0 Å². The van der Waals surface area contributed by atoms with Crippen LogP contribution in [0.3, 0.4) is 0 Å². The van der Waals surface area contributed by atoms with Crippen LogP contribution in [0.5, 0.6) is 0 Å². The van der Waals surface area contributed by atoms with Crippen molar-refractivity contribution in [3.63, 3.8) is 0 Å². The second-order valence-electron chi connectivity index (χ2n) is 3.93. The third kappa shape index (κ3) is 3.42. The predicted molar refractivity (Wildman–Crippen MR) is 58.9 cm³/mol. The first-order chi connectivity index (χ1) is 6.95. The normalized spacial score (nSPS) is 31.3. The van der Waals surface area contributed by atoms with E-state index in [1.54, 1.807) is 0 Å². The van der Waals surface area contributed by atoms with Gasteiger partial charge in [0.15, 0.2) is 0 Å². The van der Waals surface area contributed by atoms with Crippen molar-refractivity contribution in [2.24, 2.45) is 0 Å². The van der Waals surface area contributed by atoms with Crippen molar-refractivity contribution in [1.82, 2.24) is 5.32 Å². The molecule has 82 valence electrons. The molecule has 2 aliphatic heterocycles. The molecule has 2 saturated heterocycles. The molecule has 2 aliphatic rings. The first-order valence-electron chi connectivity index (χ1n) is 5.44. The second-order valence-corrected chi connectivity index (χ2v) is 5.08. The van der Waals surface area contributed by atoms with E-state index in [4.69, 9.17) is 9.47 Å². The molecule has 14 heavy (non-hydrogen) atoms. The van der Waals surface area contributed by atoms with Crippen molar-refractivity contribution in [3.8, 4) is 0 Å². The van der Waals surface area contributed by atoms with Gasteiger partial charge in [0.25, 0.3) is 0 Å². The monoisotopic (exact) mass is 217 g/mol. The maximum atomic E-state index is 5.45. The zero-order chi connectivity index (χ0) is 9.64. The van der Waals surface area contributed by atoms with E-state index in [1.807, 2.05) is 0 Å². The average Bonchev–Trinajstić information content (AvgIpc) is 2.48. The molecule has 2 fully saturated rings. The molecule has 1 atom stereocenters. The number of hydrogen-bond donors (Lipinski definition) is 1. The van der Waals surface area contributed by atoms with Gasteiger partial charge in [-0.25, -0.2) is 0 Å². The van der Waals surface area contributed by atoms with E-state index >= 15 is 0 Å². The summed E-state index contributed by atoms with van der Waals surface area (Å²) in [6.45, 7) is 3.11. The van der Waals surface area contributed by atoms with E-state index < -0.39 is 0 Å². The smallest absolute Gasteiger partial charge is 0.0701 e. The van der Waals surface area contributed by atoms with Crippen LogP contribution in [-0.4, -0.2) is 50.0 Å². The van der Waals surface area contributed by atoms with E-state index in [2.05, 4.69) is 17.1 Å². The minimum absolute atomic E-state index is 0.404. The standard InChI is InChI=1S/C10H19NO2S/c1-2-9(8-14-5-1)11-10-6-12-3-4-13-7-10/h9-11H,1-8H2. The molecule has 3 nitrogen and oxygen atoms in total. The first-order valence-corrected chi connectivity index (χ1v) is 6.60. The van der Waals surface area contributed by atoms with Crippen molar-refractivity contribution < 1.29 is 9.47 Å². The molecule has 2 rings (SSSR count). The van der Waals surface area contributed by atoms with Crippen LogP contribution in [0.1, 0.15) is 12.8 Å². The zero-order valence-corrected chi connectivity index (χ0v) is 9.35. The lowest BCUT2D eigenvalue weighted by Crippen LogP contribution is -2.45. The Labute approximate surface area is 89.9 Å². The van der Waals surface area contributed by atoms with Crippen LogP contribution in [0.2, 0.25) is 0 Å². The van der Waals surface area contributed by atoms with E-state index in [-0.39, 0.29) is 0 Å². The van der Waals surface area contributed by atoms with Gasteiger partial charge in [0.1, 0.15) is 0 Å². The first kappa shape index (κ1) is 10.7. The number of thioether (sulfide) groups is 1. The van der Waals surface area contributed by atoms with Gasteiger partial charge in [0.2, 0.25) is 0 Å². The second kappa shape index (κ2) is 5.95. The Morgan fingerprint density at radius 2 is 1.86 bits per heavy atom. The van der Waals surface area contributed by atoms with Gasteiger partial charge in [-0.15, -0.1) is 0 Å². The van der Waals surface area contributed by atoms with E-state index in [0.717, 1.165) is 26.4 Å². The van der Waals surface area contributed by atoms with Crippen molar-refractivity contribution >= 4 is 11.8 Å². The molecule has 2 heterocycles. The highest BCUT2D eigenvalue weighted by atomic mass is 32.2. The minimum atomic E-state index is 0.404. The number of nitrogens with one attached hydrogen (secondary N) is 1. The topological polar surface area (TPSA) is 30.5 Å². The van der Waals surface area contributed by atoms with Crippen molar-refractivity contribution in [2.45, 2.75) is 24.9 Å². The van der Waals surface area contributed by atoms with E-state index in [0.29, 0.717) is 12.1 Å². The summed E-state index contributed by atoms with van der Waals surface area (Å²) >= 11 is 2.05. The molecule has 1 N–H and O–H groups in total. The molecule has 0 spiro atoms. The lowest BCUT2D eigenvalue weighted by molar-refractivity contribution is 0.103. The third-order valence-corrected chi connectivity index (χ3v) is 3.86. The van der Waals surface area contributed by atoms with Gasteiger partial charge >= 0.3 is 0 Å².